The van der Waals surface area contributed by atoms with Crippen LogP contribution in [0.2, 0.25) is 0 Å². The summed E-state index contributed by atoms with van der Waals surface area (Å²) in [5.74, 6) is 1.28. The van der Waals surface area contributed by atoms with E-state index in [9.17, 15) is 0 Å². The third kappa shape index (κ3) is 2.73. The molecule has 2 aromatic carbocycles. The second-order valence-corrected chi connectivity index (χ2v) is 5.18. The van der Waals surface area contributed by atoms with E-state index in [0.29, 0.717) is 11.6 Å². The van der Waals surface area contributed by atoms with Gasteiger partial charge < -0.3 is 10.5 Å². The molecular weight excluding hydrogens is 234 g/mol. The summed E-state index contributed by atoms with van der Waals surface area (Å²) >= 11 is 0. The smallest absolute Gasteiger partial charge is 0.142 e. The minimum atomic E-state index is 0.551. The van der Waals surface area contributed by atoms with Gasteiger partial charge in [0.05, 0.1) is 12.8 Å². The molecule has 2 aromatic rings. The Morgan fingerprint density at radius 1 is 1.00 bits per heavy atom. The van der Waals surface area contributed by atoms with Crippen molar-refractivity contribution in [3.05, 3.63) is 47.5 Å². The minimum absolute atomic E-state index is 0.551. The number of benzene rings is 2. The van der Waals surface area contributed by atoms with Crippen LogP contribution < -0.4 is 10.5 Å². The van der Waals surface area contributed by atoms with E-state index in [1.54, 1.807) is 7.11 Å². The van der Waals surface area contributed by atoms with Gasteiger partial charge in [-0.25, -0.2) is 0 Å². The molecule has 0 radical (unpaired) electrons. The highest BCUT2D eigenvalue weighted by Gasteiger charge is 2.07. The quantitative estimate of drug-likeness (QED) is 0.826. The Morgan fingerprint density at radius 2 is 1.63 bits per heavy atom. The van der Waals surface area contributed by atoms with Crippen molar-refractivity contribution in [2.24, 2.45) is 0 Å². The highest BCUT2D eigenvalue weighted by molar-refractivity contribution is 5.70. The topological polar surface area (TPSA) is 35.2 Å². The number of aryl methyl sites for hydroxylation is 1. The normalized spacial score (nSPS) is 10.8. The molecule has 0 atom stereocenters. The van der Waals surface area contributed by atoms with Crippen molar-refractivity contribution < 1.29 is 4.74 Å². The molecule has 2 heteroatoms. The highest BCUT2D eigenvalue weighted by atomic mass is 16.5. The second-order valence-electron chi connectivity index (χ2n) is 5.18. The van der Waals surface area contributed by atoms with Gasteiger partial charge in [0, 0.05) is 0 Å². The summed E-state index contributed by atoms with van der Waals surface area (Å²) in [6, 6.07) is 12.5. The number of nitrogen functional groups attached to an aromatic ring is 1. The lowest BCUT2D eigenvalue weighted by atomic mass is 9.94. The average Bonchev–Trinajstić information content (AvgIpc) is 2.38. The number of nitrogens with two attached hydrogens (primary N) is 1. The lowest BCUT2D eigenvalue weighted by molar-refractivity contribution is 0.417. The van der Waals surface area contributed by atoms with E-state index in [4.69, 9.17) is 10.5 Å². The van der Waals surface area contributed by atoms with Crippen LogP contribution in [-0.2, 0) is 0 Å². The molecule has 2 rings (SSSR count). The molecule has 19 heavy (non-hydrogen) atoms. The molecule has 0 fully saturated rings. The predicted octanol–water partition coefficient (Wildman–Crippen LogP) is 4.38. The first kappa shape index (κ1) is 13.5. The van der Waals surface area contributed by atoms with Gasteiger partial charge in [-0.05, 0) is 47.2 Å². The van der Waals surface area contributed by atoms with E-state index >= 15 is 0 Å². The maximum absolute atomic E-state index is 5.85. The standard InChI is InChI=1S/C17H21NO/c1-11(2)15-7-5-13(9-12(15)3)14-6-8-16(18)17(10-14)19-4/h5-11H,18H2,1-4H3. The molecule has 0 aromatic heterocycles. The van der Waals surface area contributed by atoms with E-state index in [1.807, 2.05) is 18.2 Å². The van der Waals surface area contributed by atoms with E-state index in [0.717, 1.165) is 11.3 Å². The van der Waals surface area contributed by atoms with E-state index in [2.05, 4.69) is 39.0 Å². The number of anilines is 1. The van der Waals surface area contributed by atoms with Crippen LogP contribution in [0.4, 0.5) is 5.69 Å². The summed E-state index contributed by atoms with van der Waals surface area (Å²) in [6.07, 6.45) is 0. The van der Waals surface area contributed by atoms with Gasteiger partial charge in [0.2, 0.25) is 0 Å². The SMILES string of the molecule is COc1cc(-c2ccc(C(C)C)c(C)c2)ccc1N. The molecule has 0 amide bonds. The third-order valence-corrected chi connectivity index (χ3v) is 3.46. The van der Waals surface area contributed by atoms with Gasteiger partial charge in [-0.15, -0.1) is 0 Å². The molecular formula is C17H21NO. The molecule has 0 aliphatic heterocycles. The van der Waals surface area contributed by atoms with Crippen molar-refractivity contribution in [2.75, 3.05) is 12.8 Å². The molecule has 0 saturated heterocycles. The van der Waals surface area contributed by atoms with Gasteiger partial charge in [-0.2, -0.15) is 0 Å². The Bertz CT molecular complexity index is 588. The fraction of sp³-hybridized carbons (Fsp3) is 0.294. The lowest BCUT2D eigenvalue weighted by Gasteiger charge is -2.13. The predicted molar refractivity (Wildman–Crippen MR) is 81.7 cm³/mol. The maximum Gasteiger partial charge on any atom is 0.142 e. The fourth-order valence-electron chi connectivity index (χ4n) is 2.39. The van der Waals surface area contributed by atoms with Gasteiger partial charge in [-0.3, -0.25) is 0 Å². The summed E-state index contributed by atoms with van der Waals surface area (Å²) in [4.78, 5) is 0. The first-order valence-electron chi connectivity index (χ1n) is 6.57. The van der Waals surface area contributed by atoms with Gasteiger partial charge in [-0.1, -0.05) is 38.1 Å². The van der Waals surface area contributed by atoms with Crippen molar-refractivity contribution in [2.45, 2.75) is 26.7 Å². The zero-order valence-electron chi connectivity index (χ0n) is 12.0. The Labute approximate surface area is 115 Å². The van der Waals surface area contributed by atoms with Crippen LogP contribution in [0.25, 0.3) is 11.1 Å². The molecule has 0 aliphatic carbocycles. The van der Waals surface area contributed by atoms with E-state index in [-0.39, 0.29) is 0 Å². The Hall–Kier alpha value is -1.96. The summed E-state index contributed by atoms with van der Waals surface area (Å²) in [7, 11) is 1.64. The number of ether oxygens (including phenoxy) is 1. The first-order chi connectivity index (χ1) is 9.02. The molecule has 0 heterocycles. The number of hydrogen-bond donors (Lipinski definition) is 1. The summed E-state index contributed by atoms with van der Waals surface area (Å²) in [5.41, 5.74) is 11.6. The summed E-state index contributed by atoms with van der Waals surface area (Å²) in [5, 5.41) is 0. The molecule has 0 aliphatic rings. The maximum atomic E-state index is 5.85. The van der Waals surface area contributed by atoms with Gasteiger partial charge >= 0.3 is 0 Å². The lowest BCUT2D eigenvalue weighted by Crippen LogP contribution is -1.94. The van der Waals surface area contributed by atoms with Crippen LogP contribution in [-0.4, -0.2) is 7.11 Å². The van der Waals surface area contributed by atoms with Crippen LogP contribution in [0.1, 0.15) is 30.9 Å². The first-order valence-corrected chi connectivity index (χ1v) is 6.57. The summed E-state index contributed by atoms with van der Waals surface area (Å²) in [6.45, 7) is 6.59. The number of methoxy groups -OCH3 is 1. The largest absolute Gasteiger partial charge is 0.495 e. The molecule has 100 valence electrons. The molecule has 2 nitrogen and oxygen atoms in total. The Kier molecular flexibility index (Phi) is 3.79. The van der Waals surface area contributed by atoms with Crippen molar-refractivity contribution in [3.63, 3.8) is 0 Å². The van der Waals surface area contributed by atoms with Crippen molar-refractivity contribution in [1.29, 1.82) is 0 Å². The van der Waals surface area contributed by atoms with Crippen LogP contribution in [0.15, 0.2) is 36.4 Å². The Morgan fingerprint density at radius 3 is 2.21 bits per heavy atom. The summed E-state index contributed by atoms with van der Waals surface area (Å²) < 4.78 is 5.27. The minimum Gasteiger partial charge on any atom is -0.495 e. The molecule has 0 unspecified atom stereocenters. The van der Waals surface area contributed by atoms with Crippen LogP contribution in [0, 0.1) is 6.92 Å². The van der Waals surface area contributed by atoms with E-state index < -0.39 is 0 Å². The molecule has 0 saturated carbocycles. The van der Waals surface area contributed by atoms with Crippen molar-refractivity contribution in [1.82, 2.24) is 0 Å². The fourth-order valence-corrected chi connectivity index (χ4v) is 2.39. The second kappa shape index (κ2) is 5.35. The Balaban J connectivity index is 2.45. The van der Waals surface area contributed by atoms with Gasteiger partial charge in [0.1, 0.15) is 5.75 Å². The molecule has 2 N–H and O–H groups in total. The third-order valence-electron chi connectivity index (χ3n) is 3.46. The monoisotopic (exact) mass is 255 g/mol. The van der Waals surface area contributed by atoms with Crippen LogP contribution in [0.3, 0.4) is 0 Å². The zero-order valence-corrected chi connectivity index (χ0v) is 12.0. The van der Waals surface area contributed by atoms with Gasteiger partial charge in [0.15, 0.2) is 0 Å². The van der Waals surface area contributed by atoms with Gasteiger partial charge in [0.25, 0.3) is 0 Å². The zero-order chi connectivity index (χ0) is 14.0. The highest BCUT2D eigenvalue weighted by Crippen LogP contribution is 2.31. The average molecular weight is 255 g/mol. The number of hydrogen-bond acceptors (Lipinski definition) is 2. The van der Waals surface area contributed by atoms with Crippen LogP contribution >= 0.6 is 0 Å². The van der Waals surface area contributed by atoms with E-state index in [1.165, 1.54) is 16.7 Å². The van der Waals surface area contributed by atoms with Crippen LogP contribution in [0.5, 0.6) is 5.75 Å². The molecule has 0 spiro atoms. The van der Waals surface area contributed by atoms with Crippen molar-refractivity contribution >= 4 is 5.69 Å². The number of rotatable bonds is 3. The van der Waals surface area contributed by atoms with Crippen molar-refractivity contribution in [3.8, 4) is 16.9 Å². The molecule has 0 bridgehead atoms.